The number of hydrogen-bond donors (Lipinski definition) is 1. The maximum Gasteiger partial charge on any atom is 0.244 e. The van der Waals surface area contributed by atoms with Gasteiger partial charge in [-0.05, 0) is 32.0 Å². The molecule has 11 heteroatoms. The number of aromatic nitrogens is 5. The Hall–Kier alpha value is -2.49. The molecule has 162 valence electrons. The predicted octanol–water partition coefficient (Wildman–Crippen LogP) is 2.38. The molecule has 1 saturated heterocycles. The van der Waals surface area contributed by atoms with Gasteiger partial charge in [0, 0.05) is 44.0 Å². The van der Waals surface area contributed by atoms with E-state index < -0.39 is 0 Å². The number of nitrogens with one attached hydrogen (secondary N) is 1. The molecule has 0 saturated carbocycles. The van der Waals surface area contributed by atoms with Crippen molar-refractivity contribution >= 4 is 30.7 Å². The van der Waals surface area contributed by atoms with Crippen molar-refractivity contribution in [3.63, 3.8) is 0 Å². The summed E-state index contributed by atoms with van der Waals surface area (Å²) in [5.41, 5.74) is 1.56. The number of likely N-dealkylation sites (N-methyl/N-ethyl adjacent to an activating group) is 1. The van der Waals surface area contributed by atoms with Gasteiger partial charge in [-0.25, -0.2) is 0 Å². The zero-order valence-electron chi connectivity index (χ0n) is 16.8. The topological polar surface area (TPSA) is 102 Å². The number of pyridine rings is 1. The first kappa shape index (κ1) is 23.8. The Balaban J connectivity index is 0.00000160. The van der Waals surface area contributed by atoms with Crippen molar-refractivity contribution in [2.24, 2.45) is 7.05 Å². The third kappa shape index (κ3) is 4.97. The minimum absolute atomic E-state index is 0. The zero-order chi connectivity index (χ0) is 19.5. The largest absolute Gasteiger partial charge is 0.341 e. The lowest BCUT2D eigenvalue weighted by Gasteiger charge is -2.32. The average Bonchev–Trinajstić information content (AvgIpc) is 3.39. The van der Waals surface area contributed by atoms with Gasteiger partial charge in [-0.15, -0.1) is 24.8 Å². The van der Waals surface area contributed by atoms with Crippen molar-refractivity contribution in [2.45, 2.75) is 24.8 Å². The second-order valence-electron chi connectivity index (χ2n) is 6.94. The van der Waals surface area contributed by atoms with Crippen LogP contribution < -0.4 is 5.32 Å². The SMILES string of the molecule is CNC(C(=O)N1CCC(c2nc(-c3ccccn3)no2)CC1)c1cnn(C)c1.Cl.Cl. The molecule has 0 bridgehead atoms. The first-order chi connectivity index (χ1) is 13.7. The smallest absolute Gasteiger partial charge is 0.244 e. The third-order valence-corrected chi connectivity index (χ3v) is 5.09. The fraction of sp³-hybridized carbons (Fsp3) is 0.421. The molecule has 4 heterocycles. The normalized spacial score (nSPS) is 15.2. The van der Waals surface area contributed by atoms with Crippen LogP contribution in [0.4, 0.5) is 0 Å². The van der Waals surface area contributed by atoms with Crippen molar-refractivity contribution in [1.82, 2.24) is 35.1 Å². The van der Waals surface area contributed by atoms with Crippen LogP contribution in [0.5, 0.6) is 0 Å². The standard InChI is InChI=1S/C19H23N7O2.2ClH/c1-20-16(14-11-22-25(2)12-14)19(27)26-9-6-13(7-10-26)18-23-17(24-28-18)15-5-3-4-8-21-15;;/h3-5,8,11-13,16,20H,6-7,9-10H2,1-2H3;2*1H. The monoisotopic (exact) mass is 453 g/mol. The second-order valence-corrected chi connectivity index (χ2v) is 6.94. The van der Waals surface area contributed by atoms with E-state index in [-0.39, 0.29) is 42.7 Å². The number of hydrogen-bond acceptors (Lipinski definition) is 7. The van der Waals surface area contributed by atoms with Gasteiger partial charge in [0.1, 0.15) is 11.7 Å². The summed E-state index contributed by atoms with van der Waals surface area (Å²) in [6.07, 6.45) is 6.88. The minimum atomic E-state index is -0.385. The van der Waals surface area contributed by atoms with Crippen LogP contribution in [-0.2, 0) is 11.8 Å². The highest BCUT2D eigenvalue weighted by molar-refractivity contribution is 5.85. The third-order valence-electron chi connectivity index (χ3n) is 5.09. The van der Waals surface area contributed by atoms with E-state index in [0.29, 0.717) is 30.5 Å². The molecule has 1 amide bonds. The van der Waals surface area contributed by atoms with E-state index in [2.05, 4.69) is 25.5 Å². The van der Waals surface area contributed by atoms with Crippen LogP contribution in [0.15, 0.2) is 41.3 Å². The number of aryl methyl sites for hydroxylation is 1. The summed E-state index contributed by atoms with van der Waals surface area (Å²) in [6, 6.07) is 5.21. The fourth-order valence-corrected chi connectivity index (χ4v) is 3.55. The quantitative estimate of drug-likeness (QED) is 0.632. The number of carbonyl (C=O) groups excluding carboxylic acids is 1. The molecule has 3 aromatic rings. The van der Waals surface area contributed by atoms with Gasteiger partial charge in [-0.1, -0.05) is 11.2 Å². The van der Waals surface area contributed by atoms with Crippen molar-refractivity contribution in [3.05, 3.63) is 48.2 Å². The van der Waals surface area contributed by atoms with Crippen LogP contribution in [0.25, 0.3) is 11.5 Å². The first-order valence-corrected chi connectivity index (χ1v) is 9.35. The van der Waals surface area contributed by atoms with Gasteiger partial charge in [0.25, 0.3) is 0 Å². The molecule has 1 N–H and O–H groups in total. The van der Waals surface area contributed by atoms with Crippen LogP contribution in [0.3, 0.4) is 0 Å². The summed E-state index contributed by atoms with van der Waals surface area (Å²) in [5, 5.41) is 11.3. The zero-order valence-corrected chi connectivity index (χ0v) is 18.4. The predicted molar refractivity (Wildman–Crippen MR) is 116 cm³/mol. The Kier molecular flexibility index (Phi) is 8.33. The van der Waals surface area contributed by atoms with Gasteiger partial charge in [0.2, 0.25) is 17.6 Å². The summed E-state index contributed by atoms with van der Waals surface area (Å²) in [5.74, 6) is 1.33. The van der Waals surface area contributed by atoms with Gasteiger partial charge in [-0.2, -0.15) is 10.1 Å². The van der Waals surface area contributed by atoms with Crippen LogP contribution in [-0.4, -0.2) is 55.8 Å². The Morgan fingerprint density at radius 2 is 2.03 bits per heavy atom. The highest BCUT2D eigenvalue weighted by atomic mass is 35.5. The highest BCUT2D eigenvalue weighted by Gasteiger charge is 2.31. The molecule has 30 heavy (non-hydrogen) atoms. The minimum Gasteiger partial charge on any atom is -0.341 e. The van der Waals surface area contributed by atoms with Crippen molar-refractivity contribution in [1.29, 1.82) is 0 Å². The van der Waals surface area contributed by atoms with Gasteiger partial charge in [0.05, 0.1) is 6.20 Å². The lowest BCUT2D eigenvalue weighted by atomic mass is 9.96. The van der Waals surface area contributed by atoms with E-state index in [0.717, 1.165) is 18.4 Å². The molecule has 1 unspecified atom stereocenters. The highest BCUT2D eigenvalue weighted by Crippen LogP contribution is 2.29. The van der Waals surface area contributed by atoms with Crippen molar-refractivity contribution in [2.75, 3.05) is 20.1 Å². The molecular formula is C19H25Cl2N7O2. The molecule has 0 radical (unpaired) electrons. The molecule has 0 aromatic carbocycles. The van der Waals surface area contributed by atoms with Gasteiger partial charge in [-0.3, -0.25) is 14.5 Å². The Morgan fingerprint density at radius 1 is 1.27 bits per heavy atom. The molecule has 1 fully saturated rings. The van der Waals surface area contributed by atoms with Crippen molar-refractivity contribution in [3.8, 4) is 11.5 Å². The fourth-order valence-electron chi connectivity index (χ4n) is 3.55. The number of likely N-dealkylation sites (tertiary alicyclic amines) is 1. The van der Waals surface area contributed by atoms with Gasteiger partial charge >= 0.3 is 0 Å². The summed E-state index contributed by atoms with van der Waals surface area (Å²) in [7, 11) is 3.63. The van der Waals surface area contributed by atoms with E-state index in [4.69, 9.17) is 4.52 Å². The number of amides is 1. The van der Waals surface area contributed by atoms with Gasteiger partial charge < -0.3 is 14.7 Å². The van der Waals surface area contributed by atoms with Crippen LogP contribution >= 0.6 is 24.8 Å². The van der Waals surface area contributed by atoms with Crippen LogP contribution in [0.2, 0.25) is 0 Å². The molecule has 0 aliphatic carbocycles. The Labute approximate surface area is 187 Å². The summed E-state index contributed by atoms with van der Waals surface area (Å²) >= 11 is 0. The maximum absolute atomic E-state index is 12.9. The molecule has 3 aromatic heterocycles. The molecule has 0 spiro atoms. The van der Waals surface area contributed by atoms with E-state index in [9.17, 15) is 4.79 Å². The lowest BCUT2D eigenvalue weighted by Crippen LogP contribution is -2.43. The van der Waals surface area contributed by atoms with Crippen molar-refractivity contribution < 1.29 is 9.32 Å². The summed E-state index contributed by atoms with van der Waals surface area (Å²) < 4.78 is 7.17. The molecule has 9 nitrogen and oxygen atoms in total. The van der Waals surface area contributed by atoms with E-state index in [1.54, 1.807) is 24.1 Å². The Morgan fingerprint density at radius 3 is 2.63 bits per heavy atom. The molecule has 1 aliphatic heterocycles. The van der Waals surface area contributed by atoms with E-state index >= 15 is 0 Å². The van der Waals surface area contributed by atoms with Gasteiger partial charge in [0.15, 0.2) is 0 Å². The average molecular weight is 454 g/mol. The Bertz CT molecular complexity index is 939. The molecule has 1 atom stereocenters. The van der Waals surface area contributed by atoms with E-state index in [1.165, 1.54) is 0 Å². The first-order valence-electron chi connectivity index (χ1n) is 9.35. The van der Waals surface area contributed by atoms with Crippen LogP contribution in [0, 0.1) is 0 Å². The number of halogens is 2. The van der Waals surface area contributed by atoms with E-state index in [1.807, 2.05) is 36.3 Å². The van der Waals surface area contributed by atoms with Crippen LogP contribution in [0.1, 0.15) is 36.3 Å². The molecule has 4 rings (SSSR count). The number of piperidine rings is 1. The molecule has 1 aliphatic rings. The number of rotatable bonds is 5. The number of nitrogens with zero attached hydrogens (tertiary/aromatic N) is 6. The molecular weight excluding hydrogens is 429 g/mol. The lowest BCUT2D eigenvalue weighted by molar-refractivity contribution is -0.134. The maximum atomic E-state index is 12.9. The summed E-state index contributed by atoms with van der Waals surface area (Å²) in [4.78, 5) is 23.6. The summed E-state index contributed by atoms with van der Waals surface area (Å²) in [6.45, 7) is 1.31. The number of carbonyl (C=O) groups is 1. The second kappa shape index (κ2) is 10.5.